The van der Waals surface area contributed by atoms with Crippen LogP contribution in [0.4, 0.5) is 0 Å². The Morgan fingerprint density at radius 3 is 2.09 bits per heavy atom. The summed E-state index contributed by atoms with van der Waals surface area (Å²) in [6, 6.07) is 16.9. The third-order valence-corrected chi connectivity index (χ3v) is 4.25. The zero-order valence-electron chi connectivity index (χ0n) is 12.2. The maximum atomic E-state index is 12.0. The van der Waals surface area contributed by atoms with Crippen molar-refractivity contribution in [3.63, 3.8) is 0 Å². The van der Waals surface area contributed by atoms with Gasteiger partial charge < -0.3 is 4.74 Å². The molecule has 0 amide bonds. The second-order valence-electron chi connectivity index (χ2n) is 4.67. The van der Waals surface area contributed by atoms with E-state index in [0.29, 0.717) is 5.56 Å². The number of methoxy groups -OCH3 is 1. The molecule has 2 aromatic rings. The van der Waals surface area contributed by atoms with Crippen molar-refractivity contribution in [3.05, 3.63) is 60.2 Å². The van der Waals surface area contributed by atoms with Crippen LogP contribution in [0.2, 0.25) is 0 Å². The Kier molecular flexibility index (Phi) is 5.61. The van der Waals surface area contributed by atoms with Crippen LogP contribution in [0.3, 0.4) is 0 Å². The number of rotatable bonds is 6. The highest BCUT2D eigenvalue weighted by Gasteiger charge is 2.14. The third-order valence-electron chi connectivity index (χ3n) is 3.11. The van der Waals surface area contributed by atoms with Crippen LogP contribution < -0.4 is 0 Å². The molecular weight excluding hydrogens is 300 g/mol. The quantitative estimate of drug-likeness (QED) is 0.607. The van der Waals surface area contributed by atoms with Crippen molar-refractivity contribution < 1.29 is 18.5 Å². The Morgan fingerprint density at radius 1 is 0.909 bits per heavy atom. The highest BCUT2D eigenvalue weighted by atomic mass is 32.2. The van der Waals surface area contributed by atoms with E-state index in [4.69, 9.17) is 0 Å². The van der Waals surface area contributed by atoms with Crippen LogP contribution >= 0.6 is 0 Å². The lowest BCUT2D eigenvalue weighted by Crippen LogP contribution is -2.19. The van der Waals surface area contributed by atoms with Crippen LogP contribution in [0, 0.1) is 0 Å². The largest absolute Gasteiger partial charge is 0.468 e. The van der Waals surface area contributed by atoms with Gasteiger partial charge in [-0.3, -0.25) is 13.8 Å². The number of Topliss-reactive ketones (excluding diaryl/α,β-unsaturated/α-hetero) is 1. The zero-order valence-corrected chi connectivity index (χ0v) is 13.0. The van der Waals surface area contributed by atoms with E-state index in [1.165, 1.54) is 7.11 Å². The summed E-state index contributed by atoms with van der Waals surface area (Å²) >= 11 is 0. The summed E-state index contributed by atoms with van der Waals surface area (Å²) in [5.74, 6) is -1.27. The predicted octanol–water partition coefficient (Wildman–Crippen LogP) is 2.46. The summed E-state index contributed by atoms with van der Waals surface area (Å²) in [5.41, 5.74) is 2.56. The van der Waals surface area contributed by atoms with Crippen molar-refractivity contribution >= 4 is 22.6 Å². The predicted molar refractivity (Wildman–Crippen MR) is 86.1 cm³/mol. The van der Waals surface area contributed by atoms with Gasteiger partial charge in [0.25, 0.3) is 0 Å². The fourth-order valence-electron chi connectivity index (χ4n) is 1.95. The number of carbonyl (C=O) groups excluding carboxylic acids is 2. The number of hydrogen-bond acceptors (Lipinski definition) is 4. The van der Waals surface area contributed by atoms with Crippen LogP contribution in [0.5, 0.6) is 0 Å². The second-order valence-corrected chi connectivity index (χ2v) is 6.13. The van der Waals surface area contributed by atoms with Crippen LogP contribution in [0.1, 0.15) is 10.4 Å². The third kappa shape index (κ3) is 4.36. The maximum Gasteiger partial charge on any atom is 0.318 e. The first-order valence-corrected chi connectivity index (χ1v) is 8.19. The molecule has 0 aliphatic heterocycles. The lowest BCUT2D eigenvalue weighted by Gasteiger charge is -2.04. The van der Waals surface area contributed by atoms with Gasteiger partial charge in [0.2, 0.25) is 0 Å². The molecule has 1 unspecified atom stereocenters. The van der Waals surface area contributed by atoms with Crippen LogP contribution in [0.25, 0.3) is 11.1 Å². The van der Waals surface area contributed by atoms with Crippen molar-refractivity contribution in [1.29, 1.82) is 0 Å². The molecule has 0 aliphatic rings. The summed E-state index contributed by atoms with van der Waals surface area (Å²) in [5, 5.41) is 0. The first-order chi connectivity index (χ1) is 10.6. The molecule has 0 spiro atoms. The average molecular weight is 316 g/mol. The standard InChI is InChI=1S/C17H16O4S/c1-21-17(19)12-22(20)11-16(18)15-9-7-14(8-10-15)13-5-3-2-4-6-13/h2-10H,11-12H2,1H3. The number of hydrogen-bond donors (Lipinski definition) is 0. The number of carbonyl (C=O) groups is 2. The smallest absolute Gasteiger partial charge is 0.318 e. The molecule has 114 valence electrons. The van der Waals surface area contributed by atoms with E-state index < -0.39 is 16.8 Å². The minimum absolute atomic E-state index is 0.181. The molecule has 4 nitrogen and oxygen atoms in total. The Hall–Kier alpha value is -2.27. The highest BCUT2D eigenvalue weighted by molar-refractivity contribution is 7.86. The van der Waals surface area contributed by atoms with Crippen molar-refractivity contribution in [2.24, 2.45) is 0 Å². The normalized spacial score (nSPS) is 11.7. The Morgan fingerprint density at radius 2 is 1.50 bits per heavy atom. The second kappa shape index (κ2) is 7.66. The number of benzene rings is 2. The minimum atomic E-state index is -1.55. The van der Waals surface area contributed by atoms with Gasteiger partial charge in [0.05, 0.1) is 12.9 Å². The number of ketones is 1. The van der Waals surface area contributed by atoms with Crippen molar-refractivity contribution in [2.45, 2.75) is 0 Å². The molecule has 0 aromatic heterocycles. The molecule has 0 saturated heterocycles. The molecule has 0 saturated carbocycles. The fourth-order valence-corrected chi connectivity index (χ4v) is 2.89. The summed E-state index contributed by atoms with van der Waals surface area (Å²) < 4.78 is 16.1. The molecule has 2 rings (SSSR count). The number of ether oxygens (including phenoxy) is 1. The van der Waals surface area contributed by atoms with Gasteiger partial charge in [-0.1, -0.05) is 54.6 Å². The van der Waals surface area contributed by atoms with E-state index in [0.717, 1.165) is 11.1 Å². The Bertz CT molecular complexity index is 678. The molecular formula is C17H16O4S. The van der Waals surface area contributed by atoms with E-state index >= 15 is 0 Å². The van der Waals surface area contributed by atoms with E-state index in [-0.39, 0.29) is 17.3 Å². The first kappa shape index (κ1) is 16.1. The molecule has 0 bridgehead atoms. The molecule has 5 heteroatoms. The van der Waals surface area contributed by atoms with E-state index in [2.05, 4.69) is 4.74 Å². The van der Waals surface area contributed by atoms with E-state index in [1.807, 2.05) is 42.5 Å². The molecule has 1 atom stereocenters. The van der Waals surface area contributed by atoms with Gasteiger partial charge in [0.15, 0.2) is 5.78 Å². The molecule has 0 aliphatic carbocycles. The number of esters is 1. The van der Waals surface area contributed by atoms with Crippen LogP contribution in [-0.2, 0) is 20.3 Å². The molecule has 2 aromatic carbocycles. The van der Waals surface area contributed by atoms with E-state index in [9.17, 15) is 13.8 Å². The summed E-state index contributed by atoms with van der Waals surface area (Å²) in [6.07, 6.45) is 0. The van der Waals surface area contributed by atoms with Gasteiger partial charge in [-0.15, -0.1) is 0 Å². The minimum Gasteiger partial charge on any atom is -0.468 e. The van der Waals surface area contributed by atoms with Gasteiger partial charge in [-0.05, 0) is 11.1 Å². The van der Waals surface area contributed by atoms with Crippen molar-refractivity contribution in [2.75, 3.05) is 18.6 Å². The van der Waals surface area contributed by atoms with Gasteiger partial charge in [0.1, 0.15) is 5.75 Å². The topological polar surface area (TPSA) is 60.4 Å². The van der Waals surface area contributed by atoms with E-state index in [1.54, 1.807) is 12.1 Å². The molecule has 0 radical (unpaired) electrons. The SMILES string of the molecule is COC(=O)CS(=O)CC(=O)c1ccc(-c2ccccc2)cc1. The molecule has 22 heavy (non-hydrogen) atoms. The summed E-state index contributed by atoms with van der Waals surface area (Å²) in [4.78, 5) is 23.0. The fraction of sp³-hybridized carbons (Fsp3) is 0.176. The Balaban J connectivity index is 2.03. The van der Waals surface area contributed by atoms with Gasteiger partial charge >= 0.3 is 5.97 Å². The molecule has 0 heterocycles. The summed E-state index contributed by atoms with van der Waals surface area (Å²) in [7, 11) is -0.320. The van der Waals surface area contributed by atoms with Crippen molar-refractivity contribution in [3.8, 4) is 11.1 Å². The summed E-state index contributed by atoms with van der Waals surface area (Å²) in [6.45, 7) is 0. The van der Waals surface area contributed by atoms with Gasteiger partial charge in [0, 0.05) is 16.4 Å². The van der Waals surface area contributed by atoms with Crippen LogP contribution in [-0.4, -0.2) is 34.6 Å². The lowest BCUT2D eigenvalue weighted by atomic mass is 10.0. The zero-order chi connectivity index (χ0) is 15.9. The van der Waals surface area contributed by atoms with Crippen molar-refractivity contribution in [1.82, 2.24) is 0 Å². The monoisotopic (exact) mass is 316 g/mol. The molecule has 0 N–H and O–H groups in total. The average Bonchev–Trinajstić information content (AvgIpc) is 2.55. The first-order valence-electron chi connectivity index (χ1n) is 6.70. The van der Waals surface area contributed by atoms with Gasteiger partial charge in [-0.2, -0.15) is 0 Å². The Labute approximate surface area is 131 Å². The highest BCUT2D eigenvalue weighted by Crippen LogP contribution is 2.19. The molecule has 0 fully saturated rings. The maximum absolute atomic E-state index is 12.0. The van der Waals surface area contributed by atoms with Crippen LogP contribution in [0.15, 0.2) is 54.6 Å². The van der Waals surface area contributed by atoms with Gasteiger partial charge in [-0.25, -0.2) is 0 Å². The lowest BCUT2D eigenvalue weighted by molar-refractivity contribution is -0.137.